The van der Waals surface area contributed by atoms with Crippen molar-refractivity contribution in [1.82, 2.24) is 15.0 Å². The summed E-state index contributed by atoms with van der Waals surface area (Å²) in [5.41, 5.74) is 1.55. The van der Waals surface area contributed by atoms with Crippen molar-refractivity contribution in [2.75, 3.05) is 24.6 Å². The molecule has 0 amide bonds. The minimum atomic E-state index is -4.63. The highest BCUT2D eigenvalue weighted by molar-refractivity contribution is 6.10. The van der Waals surface area contributed by atoms with Gasteiger partial charge in [-0.3, -0.25) is 4.79 Å². The molecule has 1 aliphatic rings. The molecular formula is C24H18F3N5O2. The second kappa shape index (κ2) is 8.35. The Kier molecular flexibility index (Phi) is 5.34. The summed E-state index contributed by atoms with van der Waals surface area (Å²) in [5.74, 6) is -0.277. The number of ketones is 1. The number of fused-ring (bicyclic) bond motifs is 1. The first kappa shape index (κ1) is 21.7. The van der Waals surface area contributed by atoms with Crippen molar-refractivity contribution >= 4 is 22.5 Å². The Morgan fingerprint density at radius 1 is 1.21 bits per heavy atom. The molecule has 2 N–H and O–H groups in total. The lowest BCUT2D eigenvalue weighted by Gasteiger charge is -2.31. The van der Waals surface area contributed by atoms with Crippen molar-refractivity contribution in [2.45, 2.75) is 12.3 Å². The second-order valence-corrected chi connectivity index (χ2v) is 7.90. The number of aromatic nitrogens is 3. The van der Waals surface area contributed by atoms with E-state index < -0.39 is 29.2 Å². The van der Waals surface area contributed by atoms with Crippen LogP contribution < -0.4 is 4.90 Å². The van der Waals surface area contributed by atoms with Crippen LogP contribution in [-0.4, -0.2) is 46.5 Å². The van der Waals surface area contributed by atoms with E-state index in [4.69, 9.17) is 10.00 Å². The predicted molar refractivity (Wildman–Crippen MR) is 118 cm³/mol. The first-order chi connectivity index (χ1) is 16.3. The monoisotopic (exact) mass is 465 g/mol. The zero-order valence-electron chi connectivity index (χ0n) is 17.7. The molecule has 5 rings (SSSR count). The Morgan fingerprint density at radius 2 is 2.03 bits per heavy atom. The van der Waals surface area contributed by atoms with Gasteiger partial charge >= 0.3 is 6.18 Å². The summed E-state index contributed by atoms with van der Waals surface area (Å²) in [4.78, 5) is 25.5. The summed E-state index contributed by atoms with van der Waals surface area (Å²) in [6, 6.07) is 14.0. The van der Waals surface area contributed by atoms with Crippen LogP contribution in [0.2, 0.25) is 0 Å². The fourth-order valence-corrected chi connectivity index (χ4v) is 4.03. The van der Waals surface area contributed by atoms with Crippen molar-refractivity contribution in [3.63, 3.8) is 0 Å². The molecule has 2 aromatic heterocycles. The van der Waals surface area contributed by atoms with E-state index in [9.17, 15) is 18.0 Å². The number of morpholine rings is 1. The van der Waals surface area contributed by atoms with Crippen LogP contribution in [0, 0.1) is 11.3 Å². The van der Waals surface area contributed by atoms with Gasteiger partial charge in [-0.1, -0.05) is 18.2 Å². The summed E-state index contributed by atoms with van der Waals surface area (Å²) >= 11 is 0. The van der Waals surface area contributed by atoms with Gasteiger partial charge in [-0.25, -0.2) is 4.98 Å². The number of nitrogens with one attached hydrogen (secondary N) is 2. The van der Waals surface area contributed by atoms with Gasteiger partial charge in [0.05, 0.1) is 41.5 Å². The molecule has 0 spiro atoms. The molecule has 2 aromatic carbocycles. The van der Waals surface area contributed by atoms with Crippen LogP contribution in [0.4, 0.5) is 18.9 Å². The molecule has 0 saturated carbocycles. The van der Waals surface area contributed by atoms with Gasteiger partial charge < -0.3 is 19.6 Å². The number of rotatable bonds is 4. The summed E-state index contributed by atoms with van der Waals surface area (Å²) in [6.07, 6.45) is -3.74. The van der Waals surface area contributed by atoms with Crippen molar-refractivity contribution in [1.29, 1.82) is 5.26 Å². The van der Waals surface area contributed by atoms with Gasteiger partial charge in [0.25, 0.3) is 0 Å². The molecule has 1 fully saturated rings. The zero-order valence-corrected chi connectivity index (χ0v) is 17.7. The standard InChI is InChI=1S/C24H18F3N5O2/c25-24(26,27)18-4-2-1-3-17(18)22(33)14-9-21(29-12-14)23-30-19-6-5-15(10-20(19)31-23)32-7-8-34-16(11-28)13-32/h1-6,9-10,12,16,29H,7-8,13H2,(H,30,31)/t16-/m0/s1. The van der Waals surface area contributed by atoms with E-state index in [1.807, 2.05) is 18.2 Å². The van der Waals surface area contributed by atoms with E-state index in [1.54, 1.807) is 0 Å². The largest absolute Gasteiger partial charge is 0.417 e. The van der Waals surface area contributed by atoms with Crippen molar-refractivity contribution in [3.05, 3.63) is 71.4 Å². The number of ether oxygens (including phenoxy) is 1. The van der Waals surface area contributed by atoms with Crippen LogP contribution in [0.5, 0.6) is 0 Å². The number of imidazole rings is 1. The van der Waals surface area contributed by atoms with Gasteiger partial charge in [0, 0.05) is 29.6 Å². The van der Waals surface area contributed by atoms with Crippen LogP contribution in [-0.2, 0) is 10.9 Å². The molecule has 34 heavy (non-hydrogen) atoms. The molecule has 0 aliphatic carbocycles. The minimum Gasteiger partial charge on any atom is -0.365 e. The number of H-pyrrole nitrogens is 2. The van der Waals surface area contributed by atoms with Crippen LogP contribution in [0.1, 0.15) is 21.5 Å². The van der Waals surface area contributed by atoms with E-state index in [2.05, 4.69) is 25.9 Å². The number of benzene rings is 2. The van der Waals surface area contributed by atoms with Crippen molar-refractivity contribution in [3.8, 4) is 17.6 Å². The number of carbonyl (C=O) groups excluding carboxylic acids is 1. The van der Waals surface area contributed by atoms with Gasteiger partial charge in [0.1, 0.15) is 0 Å². The highest BCUT2D eigenvalue weighted by atomic mass is 19.4. The topological polar surface area (TPSA) is 97.8 Å². The van der Waals surface area contributed by atoms with Gasteiger partial charge in [0.2, 0.25) is 0 Å². The van der Waals surface area contributed by atoms with Gasteiger partial charge in [0.15, 0.2) is 17.7 Å². The highest BCUT2D eigenvalue weighted by Gasteiger charge is 2.35. The number of carbonyl (C=O) groups is 1. The molecule has 0 radical (unpaired) electrons. The quantitative estimate of drug-likeness (QED) is 0.432. The summed E-state index contributed by atoms with van der Waals surface area (Å²) < 4.78 is 45.4. The lowest BCUT2D eigenvalue weighted by Crippen LogP contribution is -2.41. The third-order valence-corrected chi connectivity index (χ3v) is 5.72. The van der Waals surface area contributed by atoms with Crippen molar-refractivity contribution < 1.29 is 22.7 Å². The molecule has 172 valence electrons. The van der Waals surface area contributed by atoms with E-state index >= 15 is 0 Å². The Labute approximate surface area is 191 Å². The number of alkyl halides is 3. The second-order valence-electron chi connectivity index (χ2n) is 7.90. The minimum absolute atomic E-state index is 0.101. The van der Waals surface area contributed by atoms with E-state index in [1.165, 1.54) is 30.5 Å². The van der Waals surface area contributed by atoms with Crippen LogP contribution in [0.25, 0.3) is 22.6 Å². The Bertz CT molecular complexity index is 1420. The van der Waals surface area contributed by atoms with Gasteiger partial charge in [-0.2, -0.15) is 18.4 Å². The number of aromatic amines is 2. The highest BCUT2D eigenvalue weighted by Crippen LogP contribution is 2.33. The van der Waals surface area contributed by atoms with Crippen LogP contribution in [0.15, 0.2) is 54.7 Å². The maximum absolute atomic E-state index is 13.3. The van der Waals surface area contributed by atoms with Crippen LogP contribution in [0.3, 0.4) is 0 Å². The lowest BCUT2D eigenvalue weighted by molar-refractivity contribution is -0.137. The molecule has 7 nitrogen and oxygen atoms in total. The first-order valence-electron chi connectivity index (χ1n) is 10.5. The predicted octanol–water partition coefficient (Wildman–Crippen LogP) is 4.54. The van der Waals surface area contributed by atoms with Gasteiger partial charge in [-0.05, 0) is 30.3 Å². The molecule has 0 unspecified atom stereocenters. The van der Waals surface area contributed by atoms with E-state index in [0.29, 0.717) is 36.7 Å². The Balaban J connectivity index is 1.42. The average molecular weight is 465 g/mol. The molecule has 1 saturated heterocycles. The first-order valence-corrected chi connectivity index (χ1v) is 10.5. The molecule has 0 bridgehead atoms. The number of hydrogen-bond donors (Lipinski definition) is 2. The number of halogens is 3. The summed E-state index contributed by atoms with van der Waals surface area (Å²) in [6.45, 7) is 1.58. The molecule has 4 aromatic rings. The molecule has 10 heteroatoms. The maximum Gasteiger partial charge on any atom is 0.417 e. The maximum atomic E-state index is 13.3. The molecule has 1 atom stereocenters. The molecule has 3 heterocycles. The molecule has 1 aliphatic heterocycles. The normalized spacial score (nSPS) is 16.5. The Morgan fingerprint density at radius 3 is 2.82 bits per heavy atom. The summed E-state index contributed by atoms with van der Waals surface area (Å²) in [5, 5.41) is 9.12. The molecular weight excluding hydrogens is 447 g/mol. The van der Waals surface area contributed by atoms with E-state index in [0.717, 1.165) is 17.3 Å². The average Bonchev–Trinajstić information content (AvgIpc) is 3.50. The number of nitriles is 1. The third kappa shape index (κ3) is 4.02. The SMILES string of the molecule is N#C[C@H]1CN(c2ccc3nc(-c4cc(C(=O)c5ccccc5C(F)(F)F)c[nH]4)[nH]c3c2)CCO1. The van der Waals surface area contributed by atoms with Gasteiger partial charge in [-0.15, -0.1) is 0 Å². The fourth-order valence-electron chi connectivity index (χ4n) is 4.03. The van der Waals surface area contributed by atoms with E-state index in [-0.39, 0.29) is 5.56 Å². The lowest BCUT2D eigenvalue weighted by atomic mass is 9.99. The number of nitrogens with zero attached hydrogens (tertiary/aromatic N) is 3. The smallest absolute Gasteiger partial charge is 0.365 e. The summed E-state index contributed by atoms with van der Waals surface area (Å²) in [7, 11) is 0. The number of hydrogen-bond acceptors (Lipinski definition) is 5. The van der Waals surface area contributed by atoms with Crippen LogP contribution >= 0.6 is 0 Å². The third-order valence-electron chi connectivity index (χ3n) is 5.72. The zero-order chi connectivity index (χ0) is 23.9. The Hall–Kier alpha value is -4.10. The fraction of sp³-hybridized carbons (Fsp3) is 0.208. The van der Waals surface area contributed by atoms with Crippen molar-refractivity contribution in [2.24, 2.45) is 0 Å². The number of anilines is 1.